The number of anilines is 1. The second-order valence-corrected chi connectivity index (χ2v) is 12.0. The minimum Gasteiger partial charge on any atom is -0.444 e. The van der Waals surface area contributed by atoms with Gasteiger partial charge in [0.2, 0.25) is 0 Å². The third-order valence-electron chi connectivity index (χ3n) is 5.90. The molecule has 4 rings (SSSR count). The van der Waals surface area contributed by atoms with E-state index < -0.39 is 27.6 Å². The predicted molar refractivity (Wildman–Crippen MR) is 149 cm³/mol. The lowest BCUT2D eigenvalue weighted by Gasteiger charge is -2.19. The molecule has 0 aliphatic rings. The normalized spacial score (nSPS) is 11.8. The van der Waals surface area contributed by atoms with E-state index in [9.17, 15) is 18.0 Å². The Kier molecular flexibility index (Phi) is 7.87. The predicted octanol–water partition coefficient (Wildman–Crippen LogP) is 3.87. The molecular formula is C27H32N6O6S. The Hall–Kier alpha value is -4.39. The molecule has 0 spiro atoms. The van der Waals surface area contributed by atoms with E-state index in [1.807, 2.05) is 19.2 Å². The highest BCUT2D eigenvalue weighted by atomic mass is 32.2. The highest BCUT2D eigenvalue weighted by Crippen LogP contribution is 2.30. The molecule has 13 heteroatoms. The molecule has 0 unspecified atom stereocenters. The zero-order chi connectivity index (χ0) is 29.2. The molecule has 0 bridgehead atoms. The molecule has 2 aromatic heterocycles. The molecule has 3 N–H and O–H groups in total. The Labute approximate surface area is 232 Å². The largest absolute Gasteiger partial charge is 0.444 e. The molecule has 0 aliphatic carbocycles. The van der Waals surface area contributed by atoms with E-state index in [0.717, 1.165) is 16.7 Å². The van der Waals surface area contributed by atoms with Gasteiger partial charge in [-0.15, -0.1) is 0 Å². The summed E-state index contributed by atoms with van der Waals surface area (Å²) in [6.07, 6.45) is 2.96. The Morgan fingerprint density at radius 2 is 1.82 bits per heavy atom. The van der Waals surface area contributed by atoms with Crippen LogP contribution in [0.1, 0.15) is 53.4 Å². The van der Waals surface area contributed by atoms with Crippen LogP contribution in [0.2, 0.25) is 0 Å². The van der Waals surface area contributed by atoms with Crippen LogP contribution in [0, 0.1) is 13.8 Å². The number of fused-ring (bicyclic) bond motifs is 1. The van der Waals surface area contributed by atoms with Gasteiger partial charge >= 0.3 is 6.09 Å². The smallest absolute Gasteiger partial charge is 0.407 e. The number of ether oxygens (including phenoxy) is 1. The van der Waals surface area contributed by atoms with Crippen molar-refractivity contribution in [3.8, 4) is 0 Å². The Morgan fingerprint density at radius 3 is 2.52 bits per heavy atom. The molecule has 0 fully saturated rings. The van der Waals surface area contributed by atoms with Gasteiger partial charge in [0.05, 0.1) is 23.0 Å². The molecule has 4 aromatic rings. The van der Waals surface area contributed by atoms with E-state index in [4.69, 9.17) is 9.26 Å². The van der Waals surface area contributed by atoms with Gasteiger partial charge in [-0.1, -0.05) is 17.3 Å². The summed E-state index contributed by atoms with van der Waals surface area (Å²) >= 11 is 0. The number of carbonyl (C=O) groups excluding carboxylic acids is 2. The Morgan fingerprint density at radius 1 is 1.07 bits per heavy atom. The van der Waals surface area contributed by atoms with Gasteiger partial charge in [0.15, 0.2) is 11.4 Å². The fourth-order valence-electron chi connectivity index (χ4n) is 4.12. The number of alkyl carbamates (subject to hydrolysis) is 1. The summed E-state index contributed by atoms with van der Waals surface area (Å²) in [4.78, 5) is 23.9. The quantitative estimate of drug-likeness (QED) is 0.289. The number of nitrogens with one attached hydrogen (secondary N) is 3. The maximum atomic E-state index is 13.2. The monoisotopic (exact) mass is 568 g/mol. The highest BCUT2D eigenvalue weighted by molar-refractivity contribution is 7.92. The molecule has 2 amide bonds. The summed E-state index contributed by atoms with van der Waals surface area (Å²) in [5, 5.41) is 14.0. The minimum absolute atomic E-state index is 0.0327. The summed E-state index contributed by atoms with van der Waals surface area (Å²) < 4.78 is 41.4. The average molecular weight is 569 g/mol. The second-order valence-electron chi connectivity index (χ2n) is 10.4. The molecule has 0 radical (unpaired) electrons. The molecule has 2 heterocycles. The number of benzene rings is 2. The molecule has 212 valence electrons. The number of hydrogen-bond acceptors (Lipinski definition) is 8. The van der Waals surface area contributed by atoms with Crippen LogP contribution < -0.4 is 15.4 Å². The van der Waals surface area contributed by atoms with Crippen molar-refractivity contribution in [2.75, 3.05) is 11.8 Å². The van der Waals surface area contributed by atoms with Gasteiger partial charge in [0, 0.05) is 30.9 Å². The molecule has 0 saturated heterocycles. The number of hydrogen-bond donors (Lipinski definition) is 3. The zero-order valence-corrected chi connectivity index (χ0v) is 24.0. The van der Waals surface area contributed by atoms with Gasteiger partial charge in [0.1, 0.15) is 5.60 Å². The van der Waals surface area contributed by atoms with E-state index in [-0.39, 0.29) is 22.8 Å². The maximum absolute atomic E-state index is 13.2. The van der Waals surface area contributed by atoms with Crippen LogP contribution in [0.5, 0.6) is 0 Å². The second kappa shape index (κ2) is 11.0. The third kappa shape index (κ3) is 6.60. The number of aromatic nitrogens is 3. The molecule has 0 aliphatic heterocycles. The number of nitrogens with zero attached hydrogens (tertiary/aromatic N) is 3. The standard InChI is InChI=1S/C27H32N6O6S/c1-16-7-8-20(25(34)28-6)11-22(16)40(36,37)32-24-23-17(2)9-18(10-21(23)39-31-24)14-33-15-19(13-30-33)12-29-26(35)38-27(3,4)5/h7-11,13,15H,12,14H2,1-6H3,(H,28,34)(H,29,35)(H,31,32). The van der Waals surface area contributed by atoms with E-state index >= 15 is 0 Å². The molecule has 0 saturated carbocycles. The van der Waals surface area contributed by atoms with Crippen molar-refractivity contribution in [1.82, 2.24) is 25.6 Å². The first-order chi connectivity index (χ1) is 18.8. The number of aryl methyl sites for hydroxylation is 2. The summed E-state index contributed by atoms with van der Waals surface area (Å²) in [6.45, 7) is 9.55. The van der Waals surface area contributed by atoms with Gasteiger partial charge < -0.3 is 19.9 Å². The van der Waals surface area contributed by atoms with Crippen LogP contribution in [0.25, 0.3) is 11.0 Å². The van der Waals surface area contributed by atoms with Crippen molar-refractivity contribution >= 4 is 38.8 Å². The third-order valence-corrected chi connectivity index (χ3v) is 7.38. The van der Waals surface area contributed by atoms with Gasteiger partial charge in [-0.05, 0) is 69.5 Å². The van der Waals surface area contributed by atoms with E-state index in [0.29, 0.717) is 23.1 Å². The lowest BCUT2D eigenvalue weighted by atomic mass is 10.1. The van der Waals surface area contributed by atoms with Crippen molar-refractivity contribution in [3.05, 3.63) is 70.5 Å². The maximum Gasteiger partial charge on any atom is 0.407 e. The number of rotatable bonds is 8. The van der Waals surface area contributed by atoms with Gasteiger partial charge in [-0.25, -0.2) is 13.2 Å². The SMILES string of the molecule is CNC(=O)c1ccc(C)c(S(=O)(=O)Nc2noc3cc(Cn4cc(CNC(=O)OC(C)(C)C)cn4)cc(C)c23)c1. The molecule has 2 aromatic carbocycles. The van der Waals surface area contributed by atoms with Crippen molar-refractivity contribution in [1.29, 1.82) is 0 Å². The average Bonchev–Trinajstić information content (AvgIpc) is 3.48. The topological polar surface area (TPSA) is 157 Å². The van der Waals surface area contributed by atoms with Gasteiger partial charge in [0.25, 0.3) is 15.9 Å². The van der Waals surface area contributed by atoms with Crippen molar-refractivity contribution in [2.45, 2.75) is 58.2 Å². The highest BCUT2D eigenvalue weighted by Gasteiger charge is 2.23. The Bertz CT molecular complexity index is 1680. The van der Waals surface area contributed by atoms with Crippen molar-refractivity contribution < 1.29 is 27.3 Å². The number of sulfonamides is 1. The lowest BCUT2D eigenvalue weighted by molar-refractivity contribution is 0.0523. The number of carbonyl (C=O) groups is 2. The summed E-state index contributed by atoms with van der Waals surface area (Å²) in [7, 11) is -2.60. The first-order valence-corrected chi connectivity index (χ1v) is 14.0. The lowest BCUT2D eigenvalue weighted by Crippen LogP contribution is -2.32. The fourth-order valence-corrected chi connectivity index (χ4v) is 5.40. The number of amides is 2. The van der Waals surface area contributed by atoms with Gasteiger partial charge in [-0.3, -0.25) is 14.2 Å². The van der Waals surface area contributed by atoms with Crippen LogP contribution in [0.4, 0.5) is 10.6 Å². The van der Waals surface area contributed by atoms with Crippen LogP contribution in [0.15, 0.2) is 52.1 Å². The van der Waals surface area contributed by atoms with Crippen molar-refractivity contribution in [3.63, 3.8) is 0 Å². The minimum atomic E-state index is -4.07. The van der Waals surface area contributed by atoms with Crippen LogP contribution in [0.3, 0.4) is 0 Å². The first-order valence-electron chi connectivity index (χ1n) is 12.5. The summed E-state index contributed by atoms with van der Waals surface area (Å²) in [6, 6.07) is 8.13. The first kappa shape index (κ1) is 28.6. The molecular weight excluding hydrogens is 536 g/mol. The molecule has 12 nitrogen and oxygen atoms in total. The van der Waals surface area contributed by atoms with E-state index in [1.54, 1.807) is 56.8 Å². The fraction of sp³-hybridized carbons (Fsp3) is 0.333. The van der Waals surface area contributed by atoms with Crippen LogP contribution in [-0.4, -0.2) is 48.0 Å². The van der Waals surface area contributed by atoms with Crippen LogP contribution >= 0.6 is 0 Å². The summed E-state index contributed by atoms with van der Waals surface area (Å²) in [5.74, 6) is -0.339. The zero-order valence-electron chi connectivity index (χ0n) is 23.2. The summed E-state index contributed by atoms with van der Waals surface area (Å²) in [5.41, 5.74) is 2.94. The van der Waals surface area contributed by atoms with E-state index in [2.05, 4.69) is 25.6 Å². The Balaban J connectivity index is 1.50. The molecule has 40 heavy (non-hydrogen) atoms. The molecule has 0 atom stereocenters. The van der Waals surface area contributed by atoms with Crippen molar-refractivity contribution in [2.24, 2.45) is 0 Å². The van der Waals surface area contributed by atoms with Gasteiger partial charge in [-0.2, -0.15) is 5.10 Å². The van der Waals surface area contributed by atoms with E-state index in [1.165, 1.54) is 13.1 Å². The van der Waals surface area contributed by atoms with Crippen LogP contribution in [-0.2, 0) is 27.8 Å².